The van der Waals surface area contributed by atoms with Gasteiger partial charge in [-0.3, -0.25) is 0 Å². The number of halogens is 2. The Balaban J connectivity index is 2.03. The molecule has 2 aromatic rings. The minimum Gasteiger partial charge on any atom is -0.456 e. The van der Waals surface area contributed by atoms with Crippen molar-refractivity contribution in [3.63, 3.8) is 0 Å². The standard InChI is InChI=1S/C13H11BrClNO2S/c1-2-12-16-9(7-19-12)6-18-13(17)10-5-8(15)3-4-11(10)14/h3-5,7H,2,6H2,1H3. The van der Waals surface area contributed by atoms with Crippen LogP contribution in [0.1, 0.15) is 28.0 Å². The van der Waals surface area contributed by atoms with Crippen molar-refractivity contribution >= 4 is 44.8 Å². The summed E-state index contributed by atoms with van der Waals surface area (Å²) in [6.45, 7) is 2.21. The third kappa shape index (κ3) is 3.78. The van der Waals surface area contributed by atoms with Crippen molar-refractivity contribution < 1.29 is 9.53 Å². The molecule has 3 nitrogen and oxygen atoms in total. The van der Waals surface area contributed by atoms with Crippen LogP contribution >= 0.6 is 38.9 Å². The normalized spacial score (nSPS) is 10.5. The molecule has 0 aliphatic carbocycles. The van der Waals surface area contributed by atoms with Crippen LogP contribution in [-0.2, 0) is 17.8 Å². The van der Waals surface area contributed by atoms with Gasteiger partial charge in [-0.1, -0.05) is 18.5 Å². The van der Waals surface area contributed by atoms with Gasteiger partial charge in [-0.15, -0.1) is 11.3 Å². The molecule has 0 saturated heterocycles. The highest BCUT2D eigenvalue weighted by molar-refractivity contribution is 9.10. The van der Waals surface area contributed by atoms with E-state index in [0.717, 1.165) is 17.1 Å². The predicted octanol–water partition coefficient (Wildman–Crippen LogP) is 4.48. The molecule has 0 N–H and O–H groups in total. The van der Waals surface area contributed by atoms with E-state index in [0.29, 0.717) is 15.1 Å². The molecule has 0 saturated carbocycles. The fourth-order valence-electron chi connectivity index (χ4n) is 1.45. The number of carbonyl (C=O) groups excluding carboxylic acids is 1. The van der Waals surface area contributed by atoms with Gasteiger partial charge in [0, 0.05) is 14.9 Å². The van der Waals surface area contributed by atoms with E-state index in [4.69, 9.17) is 16.3 Å². The monoisotopic (exact) mass is 359 g/mol. The number of esters is 1. The molecule has 0 spiro atoms. The van der Waals surface area contributed by atoms with Crippen LogP contribution in [0, 0.1) is 0 Å². The van der Waals surface area contributed by atoms with Gasteiger partial charge in [0.15, 0.2) is 0 Å². The number of thiazole rings is 1. The van der Waals surface area contributed by atoms with Crippen molar-refractivity contribution in [3.05, 3.63) is 49.3 Å². The molecule has 0 aliphatic rings. The highest BCUT2D eigenvalue weighted by atomic mass is 79.9. The Hall–Kier alpha value is -0.910. The van der Waals surface area contributed by atoms with E-state index in [1.165, 1.54) is 0 Å². The lowest BCUT2D eigenvalue weighted by atomic mass is 10.2. The first-order valence-electron chi connectivity index (χ1n) is 5.65. The molecule has 100 valence electrons. The zero-order chi connectivity index (χ0) is 13.8. The number of rotatable bonds is 4. The number of hydrogen-bond donors (Lipinski definition) is 0. The van der Waals surface area contributed by atoms with Crippen LogP contribution in [-0.4, -0.2) is 11.0 Å². The molecule has 1 aromatic carbocycles. The quantitative estimate of drug-likeness (QED) is 0.755. The summed E-state index contributed by atoms with van der Waals surface area (Å²) >= 11 is 10.7. The van der Waals surface area contributed by atoms with Gasteiger partial charge in [0.25, 0.3) is 0 Å². The van der Waals surface area contributed by atoms with Crippen LogP contribution < -0.4 is 0 Å². The van der Waals surface area contributed by atoms with E-state index in [2.05, 4.69) is 20.9 Å². The number of nitrogens with zero attached hydrogens (tertiary/aromatic N) is 1. The lowest BCUT2D eigenvalue weighted by molar-refractivity contribution is 0.0467. The highest BCUT2D eigenvalue weighted by Gasteiger charge is 2.13. The number of hydrogen-bond acceptors (Lipinski definition) is 4. The summed E-state index contributed by atoms with van der Waals surface area (Å²) in [5.41, 5.74) is 1.19. The second kappa shape index (κ2) is 6.50. The van der Waals surface area contributed by atoms with Crippen LogP contribution in [0.4, 0.5) is 0 Å². The molecule has 0 radical (unpaired) electrons. The summed E-state index contributed by atoms with van der Waals surface area (Å²) in [7, 11) is 0. The molecule has 1 heterocycles. The molecule has 2 rings (SSSR count). The topological polar surface area (TPSA) is 39.2 Å². The zero-order valence-corrected chi connectivity index (χ0v) is 13.3. The van der Waals surface area contributed by atoms with Crippen molar-refractivity contribution in [1.82, 2.24) is 4.98 Å². The molecule has 1 aromatic heterocycles. The van der Waals surface area contributed by atoms with E-state index in [1.54, 1.807) is 29.5 Å². The Bertz CT molecular complexity index is 600. The van der Waals surface area contributed by atoms with Gasteiger partial charge < -0.3 is 4.74 Å². The van der Waals surface area contributed by atoms with Crippen molar-refractivity contribution in [2.75, 3.05) is 0 Å². The molecule has 19 heavy (non-hydrogen) atoms. The number of benzene rings is 1. The van der Waals surface area contributed by atoms with E-state index in [1.807, 2.05) is 12.3 Å². The highest BCUT2D eigenvalue weighted by Crippen LogP contribution is 2.22. The zero-order valence-electron chi connectivity index (χ0n) is 10.2. The molecule has 0 unspecified atom stereocenters. The number of aromatic nitrogens is 1. The largest absolute Gasteiger partial charge is 0.456 e. The molecule has 0 bridgehead atoms. The van der Waals surface area contributed by atoms with Gasteiger partial charge in [0.05, 0.1) is 16.3 Å². The SMILES string of the molecule is CCc1nc(COC(=O)c2cc(Cl)ccc2Br)cs1. The fourth-order valence-corrected chi connectivity index (χ4v) is 2.76. The van der Waals surface area contributed by atoms with Crippen molar-refractivity contribution in [2.24, 2.45) is 0 Å². The summed E-state index contributed by atoms with van der Waals surface area (Å²) in [6, 6.07) is 5.00. The third-order valence-corrected chi connectivity index (χ3v) is 4.37. The Labute approximate surface area is 128 Å². The smallest absolute Gasteiger partial charge is 0.339 e. The van der Waals surface area contributed by atoms with Gasteiger partial charge in [-0.25, -0.2) is 9.78 Å². The summed E-state index contributed by atoms with van der Waals surface area (Å²) in [4.78, 5) is 16.3. The first-order chi connectivity index (χ1) is 9.10. The maximum absolute atomic E-state index is 11.9. The van der Waals surface area contributed by atoms with Crippen LogP contribution in [0.2, 0.25) is 5.02 Å². The molecule has 0 aliphatic heterocycles. The molecular formula is C13H11BrClNO2S. The second-order valence-corrected chi connectivity index (χ2v) is 6.02. The van der Waals surface area contributed by atoms with Gasteiger partial charge >= 0.3 is 5.97 Å². The maximum Gasteiger partial charge on any atom is 0.339 e. The van der Waals surface area contributed by atoms with E-state index < -0.39 is 5.97 Å². The third-order valence-electron chi connectivity index (χ3n) is 2.40. The van der Waals surface area contributed by atoms with Crippen LogP contribution in [0.3, 0.4) is 0 Å². The van der Waals surface area contributed by atoms with E-state index in [9.17, 15) is 4.79 Å². The van der Waals surface area contributed by atoms with Crippen LogP contribution in [0.5, 0.6) is 0 Å². The molecule has 0 atom stereocenters. The first-order valence-corrected chi connectivity index (χ1v) is 7.70. The van der Waals surface area contributed by atoms with Crippen molar-refractivity contribution in [1.29, 1.82) is 0 Å². The lowest BCUT2D eigenvalue weighted by Crippen LogP contribution is -2.06. The predicted molar refractivity (Wildman–Crippen MR) is 79.8 cm³/mol. The average molecular weight is 361 g/mol. The van der Waals surface area contributed by atoms with Gasteiger partial charge in [0.1, 0.15) is 6.61 Å². The van der Waals surface area contributed by atoms with Crippen LogP contribution in [0.15, 0.2) is 28.1 Å². The number of aryl methyl sites for hydroxylation is 1. The fraction of sp³-hybridized carbons (Fsp3) is 0.231. The van der Waals surface area contributed by atoms with Gasteiger partial charge in [-0.05, 0) is 40.5 Å². The van der Waals surface area contributed by atoms with Gasteiger partial charge in [-0.2, -0.15) is 0 Å². The Morgan fingerprint density at radius 1 is 1.53 bits per heavy atom. The molecular weight excluding hydrogens is 350 g/mol. The Kier molecular flexibility index (Phi) is 4.96. The summed E-state index contributed by atoms with van der Waals surface area (Å²) in [5, 5.41) is 3.44. The number of carbonyl (C=O) groups is 1. The lowest BCUT2D eigenvalue weighted by Gasteiger charge is -2.05. The average Bonchev–Trinajstić information content (AvgIpc) is 2.87. The Morgan fingerprint density at radius 3 is 3.00 bits per heavy atom. The maximum atomic E-state index is 11.9. The number of ether oxygens (including phenoxy) is 1. The van der Waals surface area contributed by atoms with Crippen molar-refractivity contribution in [2.45, 2.75) is 20.0 Å². The summed E-state index contributed by atoms with van der Waals surface area (Å²) in [6.07, 6.45) is 0.887. The minimum absolute atomic E-state index is 0.175. The molecule has 0 amide bonds. The van der Waals surface area contributed by atoms with Gasteiger partial charge in [0.2, 0.25) is 0 Å². The van der Waals surface area contributed by atoms with Crippen molar-refractivity contribution in [3.8, 4) is 0 Å². The molecule has 0 fully saturated rings. The summed E-state index contributed by atoms with van der Waals surface area (Å²) in [5.74, 6) is -0.416. The Morgan fingerprint density at radius 2 is 2.32 bits per heavy atom. The van der Waals surface area contributed by atoms with E-state index in [-0.39, 0.29) is 6.61 Å². The minimum atomic E-state index is -0.416. The molecule has 6 heteroatoms. The first kappa shape index (κ1) is 14.5. The second-order valence-electron chi connectivity index (χ2n) is 3.79. The summed E-state index contributed by atoms with van der Waals surface area (Å²) < 4.78 is 5.89. The van der Waals surface area contributed by atoms with E-state index >= 15 is 0 Å². The van der Waals surface area contributed by atoms with Crippen LogP contribution in [0.25, 0.3) is 0 Å².